The molecule has 0 saturated carbocycles. The number of pyridine rings is 1. The van der Waals surface area contributed by atoms with E-state index in [9.17, 15) is 9.18 Å². The van der Waals surface area contributed by atoms with E-state index in [-0.39, 0.29) is 11.3 Å². The van der Waals surface area contributed by atoms with Gasteiger partial charge in [-0.1, -0.05) is 0 Å². The molecule has 16 heavy (non-hydrogen) atoms. The Morgan fingerprint density at radius 1 is 1.50 bits per heavy atom. The van der Waals surface area contributed by atoms with Crippen LogP contribution in [0.1, 0.15) is 10.4 Å². The lowest BCUT2D eigenvalue weighted by atomic mass is 10.2. The Hall–Kier alpha value is -2.37. The molecule has 6 heteroatoms. The highest BCUT2D eigenvalue weighted by molar-refractivity contribution is 5.98. The number of nitrogens with one attached hydrogen (secondary N) is 1. The molecule has 3 N–H and O–H groups in total. The van der Waals surface area contributed by atoms with E-state index < -0.39 is 11.9 Å². The molecule has 82 valence electrons. The average molecular weight is 220 g/mol. The maximum atomic E-state index is 13.5. The number of amides is 1. The lowest BCUT2D eigenvalue weighted by Gasteiger charge is -2.23. The number of primary amides is 1. The van der Waals surface area contributed by atoms with Crippen molar-refractivity contribution in [2.24, 2.45) is 5.73 Å². The second kappa shape index (κ2) is 4.01. The number of nitrogens with zero attached hydrogens (tertiary/aromatic N) is 2. The standard InChI is InChI=1S/C10H9FN4O/c11-9-8(15-6-2-1-4-14-15)7(10(12)16)3-5-13-9/h1-6,14H,(H2,12,16). The van der Waals surface area contributed by atoms with Gasteiger partial charge in [0, 0.05) is 18.6 Å². The molecule has 0 saturated heterocycles. The van der Waals surface area contributed by atoms with Gasteiger partial charge in [-0.05, 0) is 18.2 Å². The zero-order valence-electron chi connectivity index (χ0n) is 8.22. The van der Waals surface area contributed by atoms with E-state index in [1.54, 1.807) is 24.6 Å². The van der Waals surface area contributed by atoms with Gasteiger partial charge < -0.3 is 11.2 Å². The van der Waals surface area contributed by atoms with Crippen molar-refractivity contribution < 1.29 is 9.18 Å². The van der Waals surface area contributed by atoms with Crippen LogP contribution < -0.4 is 16.2 Å². The van der Waals surface area contributed by atoms with Gasteiger partial charge in [0.1, 0.15) is 5.69 Å². The van der Waals surface area contributed by atoms with Crippen molar-refractivity contribution in [2.75, 3.05) is 5.01 Å². The van der Waals surface area contributed by atoms with Crippen LogP contribution in [-0.4, -0.2) is 10.9 Å². The van der Waals surface area contributed by atoms with Crippen LogP contribution in [0.5, 0.6) is 0 Å². The van der Waals surface area contributed by atoms with Crippen LogP contribution in [0.2, 0.25) is 0 Å². The van der Waals surface area contributed by atoms with E-state index in [1.807, 2.05) is 0 Å². The van der Waals surface area contributed by atoms with Crippen LogP contribution in [0, 0.1) is 5.95 Å². The molecule has 0 aliphatic carbocycles. The van der Waals surface area contributed by atoms with E-state index in [4.69, 9.17) is 5.73 Å². The minimum atomic E-state index is -0.760. The van der Waals surface area contributed by atoms with Gasteiger partial charge in [-0.3, -0.25) is 9.80 Å². The monoisotopic (exact) mass is 220 g/mol. The predicted molar refractivity (Wildman–Crippen MR) is 56.6 cm³/mol. The first-order valence-corrected chi connectivity index (χ1v) is 4.53. The Morgan fingerprint density at radius 3 is 2.94 bits per heavy atom. The minimum absolute atomic E-state index is 0.00981. The van der Waals surface area contributed by atoms with Crippen molar-refractivity contribution in [3.63, 3.8) is 0 Å². The normalized spacial score (nSPS) is 13.7. The van der Waals surface area contributed by atoms with Gasteiger partial charge in [-0.15, -0.1) is 0 Å². The lowest BCUT2D eigenvalue weighted by Crippen LogP contribution is -2.33. The zero-order chi connectivity index (χ0) is 11.5. The van der Waals surface area contributed by atoms with Gasteiger partial charge in [0.25, 0.3) is 5.91 Å². The first-order chi connectivity index (χ1) is 7.70. The van der Waals surface area contributed by atoms with E-state index in [0.717, 1.165) is 0 Å². The maximum Gasteiger partial charge on any atom is 0.251 e. The Bertz CT molecular complexity index is 484. The summed E-state index contributed by atoms with van der Waals surface area (Å²) in [6, 6.07) is 1.37. The van der Waals surface area contributed by atoms with Crippen molar-refractivity contribution in [2.45, 2.75) is 0 Å². The highest BCUT2D eigenvalue weighted by atomic mass is 19.1. The second-order valence-electron chi connectivity index (χ2n) is 3.06. The summed E-state index contributed by atoms with van der Waals surface area (Å²) in [5, 5.41) is 1.34. The van der Waals surface area contributed by atoms with Gasteiger partial charge in [0.2, 0.25) is 5.95 Å². The molecule has 1 aromatic rings. The molecular formula is C10H9FN4O. The van der Waals surface area contributed by atoms with Crippen LogP contribution >= 0.6 is 0 Å². The van der Waals surface area contributed by atoms with Crippen molar-refractivity contribution in [1.82, 2.24) is 10.4 Å². The third-order valence-electron chi connectivity index (χ3n) is 2.04. The van der Waals surface area contributed by atoms with E-state index in [1.165, 1.54) is 17.3 Å². The van der Waals surface area contributed by atoms with Gasteiger partial charge in [-0.2, -0.15) is 4.39 Å². The molecule has 0 spiro atoms. The minimum Gasteiger partial charge on any atom is -0.366 e. The molecule has 1 aliphatic heterocycles. The summed E-state index contributed by atoms with van der Waals surface area (Å²) in [6.45, 7) is 0. The van der Waals surface area contributed by atoms with Crippen molar-refractivity contribution >= 4 is 11.6 Å². The molecule has 5 nitrogen and oxygen atoms in total. The Kier molecular flexibility index (Phi) is 2.55. The molecule has 0 atom stereocenters. The molecule has 0 unspecified atom stereocenters. The summed E-state index contributed by atoms with van der Waals surface area (Å²) in [6.07, 6.45) is 7.77. The fourth-order valence-corrected chi connectivity index (χ4v) is 1.35. The smallest absolute Gasteiger partial charge is 0.251 e. The highest BCUT2D eigenvalue weighted by Gasteiger charge is 2.18. The molecule has 1 amide bonds. The van der Waals surface area contributed by atoms with Crippen LogP contribution in [0.25, 0.3) is 0 Å². The van der Waals surface area contributed by atoms with Crippen molar-refractivity contribution in [1.29, 1.82) is 0 Å². The number of carbonyl (C=O) groups excluding carboxylic acids is 1. The molecule has 0 aromatic carbocycles. The SMILES string of the molecule is NC(=O)c1ccnc(F)c1N1C=CC=CN1. The molecule has 0 radical (unpaired) electrons. The average Bonchev–Trinajstić information content (AvgIpc) is 2.29. The van der Waals surface area contributed by atoms with Crippen LogP contribution in [-0.2, 0) is 0 Å². The van der Waals surface area contributed by atoms with Gasteiger partial charge in [0.05, 0.1) is 5.56 Å². The predicted octanol–water partition coefficient (Wildman–Crippen LogP) is 0.672. The highest BCUT2D eigenvalue weighted by Crippen LogP contribution is 2.22. The topological polar surface area (TPSA) is 71.2 Å². The maximum absolute atomic E-state index is 13.5. The third kappa shape index (κ3) is 1.72. The van der Waals surface area contributed by atoms with E-state index in [2.05, 4.69) is 10.4 Å². The largest absolute Gasteiger partial charge is 0.366 e. The Morgan fingerprint density at radius 2 is 2.31 bits per heavy atom. The van der Waals surface area contributed by atoms with E-state index in [0.29, 0.717) is 0 Å². The number of nitrogens with two attached hydrogens (primary N) is 1. The number of carbonyl (C=O) groups is 1. The Balaban J connectivity index is 2.49. The Labute approximate surface area is 91.0 Å². The van der Waals surface area contributed by atoms with Crippen LogP contribution in [0.15, 0.2) is 36.8 Å². The van der Waals surface area contributed by atoms with Crippen LogP contribution in [0.4, 0.5) is 10.1 Å². The number of hydrogen-bond acceptors (Lipinski definition) is 4. The zero-order valence-corrected chi connectivity index (χ0v) is 8.22. The summed E-state index contributed by atoms with van der Waals surface area (Å²) in [7, 11) is 0. The fraction of sp³-hybridized carbons (Fsp3) is 0. The van der Waals surface area contributed by atoms with Crippen LogP contribution in [0.3, 0.4) is 0 Å². The number of halogens is 1. The molecule has 0 bridgehead atoms. The molecular weight excluding hydrogens is 211 g/mol. The van der Waals surface area contributed by atoms with Gasteiger partial charge in [0.15, 0.2) is 0 Å². The second-order valence-corrected chi connectivity index (χ2v) is 3.06. The number of hydrogen-bond donors (Lipinski definition) is 2. The summed E-state index contributed by atoms with van der Waals surface area (Å²) >= 11 is 0. The molecule has 2 heterocycles. The first-order valence-electron chi connectivity index (χ1n) is 4.53. The molecule has 1 aromatic heterocycles. The third-order valence-corrected chi connectivity index (χ3v) is 2.04. The van der Waals surface area contributed by atoms with Gasteiger partial charge in [-0.25, -0.2) is 4.98 Å². The van der Waals surface area contributed by atoms with Crippen molar-refractivity contribution in [3.8, 4) is 0 Å². The lowest BCUT2D eigenvalue weighted by molar-refractivity contribution is 0.1000. The number of hydrazine groups is 1. The summed E-state index contributed by atoms with van der Waals surface area (Å²) in [4.78, 5) is 14.6. The number of allylic oxidation sites excluding steroid dienone is 2. The number of aromatic nitrogens is 1. The first kappa shape index (κ1) is 10.2. The molecule has 1 aliphatic rings. The molecule has 0 fully saturated rings. The summed E-state index contributed by atoms with van der Waals surface area (Å²) in [5.74, 6) is -1.47. The van der Waals surface area contributed by atoms with Crippen molar-refractivity contribution in [3.05, 3.63) is 48.3 Å². The summed E-state index contributed by atoms with van der Waals surface area (Å²) in [5.41, 5.74) is 7.99. The number of rotatable bonds is 2. The summed E-state index contributed by atoms with van der Waals surface area (Å²) < 4.78 is 13.5. The molecule has 2 rings (SSSR count). The number of anilines is 1. The quantitative estimate of drug-likeness (QED) is 0.719. The van der Waals surface area contributed by atoms with E-state index >= 15 is 0 Å². The van der Waals surface area contributed by atoms with Gasteiger partial charge >= 0.3 is 0 Å². The fourth-order valence-electron chi connectivity index (χ4n) is 1.35.